The number of hydrogen-bond donors (Lipinski definition) is 0. The molecule has 376 valence electrons. The van der Waals surface area contributed by atoms with Crippen LogP contribution in [0.1, 0.15) is 191 Å². The van der Waals surface area contributed by atoms with Crippen LogP contribution in [0.2, 0.25) is 0 Å². The Bertz CT molecular complexity index is 1170. The third-order valence-electron chi connectivity index (χ3n) is 19.8. The molecule has 9 rings (SSSR count). The first-order valence-corrected chi connectivity index (χ1v) is 25.2. The van der Waals surface area contributed by atoms with E-state index >= 15 is 0 Å². The van der Waals surface area contributed by atoms with Crippen molar-refractivity contribution >= 4 is 0 Å². The zero-order valence-electron chi connectivity index (χ0n) is 47.3. The molecule has 7 fully saturated rings. The fraction of sp³-hybridized carbons (Fsp3) is 0.746. The topological polar surface area (TPSA) is 0 Å². The van der Waals surface area contributed by atoms with Crippen LogP contribution in [0.15, 0.2) is 47.6 Å². The number of fused-ring (bicyclic) bond motifs is 3. The van der Waals surface area contributed by atoms with Gasteiger partial charge in [-0.15, -0.1) is 0 Å². The average Bonchev–Trinajstić information content (AvgIpc) is 4.02. The van der Waals surface area contributed by atoms with Crippen molar-refractivity contribution in [3.05, 3.63) is 107 Å². The Morgan fingerprint density at radius 1 is 0.338 bits per heavy atom. The molecule has 0 N–H and O–H groups in total. The summed E-state index contributed by atoms with van der Waals surface area (Å²) in [5.41, 5.74) is 3.48. The molecule has 9 aliphatic carbocycles. The number of rotatable bonds is 4. The predicted molar refractivity (Wildman–Crippen MR) is 293 cm³/mol. The maximum absolute atomic E-state index is 2.73. The summed E-state index contributed by atoms with van der Waals surface area (Å²) in [5.74, 6) is 17.2. The summed E-state index contributed by atoms with van der Waals surface area (Å²) in [6.07, 6.45) is 43.2. The summed E-state index contributed by atoms with van der Waals surface area (Å²) >= 11 is 0. The Balaban J connectivity index is -0.000000242. The number of hydrogen-bond acceptors (Lipinski definition) is 0. The van der Waals surface area contributed by atoms with Crippen LogP contribution in [0.5, 0.6) is 0 Å². The minimum atomic E-state index is 0. The van der Waals surface area contributed by atoms with E-state index < -0.39 is 0 Å². The van der Waals surface area contributed by atoms with Gasteiger partial charge in [-0.1, -0.05) is 170 Å². The van der Waals surface area contributed by atoms with Gasteiger partial charge in [-0.2, -0.15) is 0 Å². The summed E-state index contributed by atoms with van der Waals surface area (Å²) in [6.45, 7) is 24.0. The zero-order valence-corrected chi connectivity index (χ0v) is 54.5. The Morgan fingerprint density at radius 3 is 1.05 bits per heavy atom. The maximum atomic E-state index is 2.73. The maximum Gasteiger partial charge on any atom is 4.00 e. The van der Waals surface area contributed by atoms with Crippen LogP contribution in [-0.2, 0) is 51.7 Å². The molecule has 0 aromatic carbocycles. The van der Waals surface area contributed by atoms with E-state index in [0.717, 1.165) is 107 Å². The Labute approximate surface area is 452 Å². The molecule has 0 spiro atoms. The minimum Gasteiger partial charge on any atom is -0.358 e. The fourth-order valence-corrected chi connectivity index (χ4v) is 14.4. The number of allylic oxidation sites excluding steroid dienone is 8. The van der Waals surface area contributed by atoms with Gasteiger partial charge >= 0.3 is 51.7 Å². The van der Waals surface area contributed by atoms with E-state index in [-0.39, 0.29) is 111 Å². The molecule has 0 aromatic rings. The van der Waals surface area contributed by atoms with E-state index in [1.807, 2.05) is 0 Å². The molecule has 0 aromatic heterocycles. The van der Waals surface area contributed by atoms with Crippen molar-refractivity contribution < 1.29 is 51.7 Å². The Kier molecular flexibility index (Phi) is 41.0. The standard InChI is InChI=1S/C19H28.C16H24.2C10H20.8CH3.2Hf/c1-2-5-14(6-3-1)11-17-9-10-18-12-15-7-4-8-16(15)13-19(17)18;1-2-6-13(7-3-1)12-15-11-10-14-8-4-5-9-16(14)15;2*1-6-7(2)9(4)10(5)8(6)3;;;;;;;;;;/h12-14,17-19H,1-11H2;4-5,8-9,13-16H,1-3,6-7,10-12H2;2*6-10H,1-5H3;8*1H3;;/q;;;;8*-1;2*+4. The van der Waals surface area contributed by atoms with Crippen LogP contribution in [-0.4, -0.2) is 0 Å². The van der Waals surface area contributed by atoms with Gasteiger partial charge in [0.2, 0.25) is 0 Å². The monoisotopic (exact) mass is 1230 g/mol. The molecule has 0 aliphatic heterocycles. The summed E-state index contributed by atoms with van der Waals surface area (Å²) < 4.78 is 0. The van der Waals surface area contributed by atoms with Gasteiger partial charge in [0.05, 0.1) is 0 Å². The van der Waals surface area contributed by atoms with Gasteiger partial charge in [-0.3, -0.25) is 0 Å². The fourth-order valence-electron chi connectivity index (χ4n) is 14.4. The van der Waals surface area contributed by atoms with E-state index in [9.17, 15) is 0 Å². The van der Waals surface area contributed by atoms with E-state index in [4.69, 9.17) is 0 Å². The van der Waals surface area contributed by atoms with Crippen LogP contribution in [0.25, 0.3) is 0 Å². The van der Waals surface area contributed by atoms with Gasteiger partial charge in [-0.25, -0.2) is 0 Å². The van der Waals surface area contributed by atoms with Crippen molar-refractivity contribution in [3.63, 3.8) is 0 Å². The third-order valence-corrected chi connectivity index (χ3v) is 19.8. The summed E-state index contributed by atoms with van der Waals surface area (Å²) in [5, 5.41) is 0. The molecule has 0 nitrogen and oxygen atoms in total. The van der Waals surface area contributed by atoms with Crippen molar-refractivity contribution in [1.82, 2.24) is 0 Å². The summed E-state index contributed by atoms with van der Waals surface area (Å²) in [7, 11) is 0. The largest absolute Gasteiger partial charge is 4.00 e. The van der Waals surface area contributed by atoms with Crippen molar-refractivity contribution in [2.45, 2.75) is 191 Å². The normalized spacial score (nSPS) is 37.9. The summed E-state index contributed by atoms with van der Waals surface area (Å²) in [4.78, 5) is 0. The van der Waals surface area contributed by atoms with Gasteiger partial charge in [-0.05, 0) is 175 Å². The van der Waals surface area contributed by atoms with Gasteiger partial charge in [0.15, 0.2) is 0 Å². The van der Waals surface area contributed by atoms with Crippen LogP contribution in [0.3, 0.4) is 0 Å². The zero-order chi connectivity index (χ0) is 39.2. The second-order valence-electron chi connectivity index (χ2n) is 22.2. The first kappa shape index (κ1) is 74.6. The molecule has 0 saturated heterocycles. The molecule has 9 aliphatic rings. The Hall–Kier alpha value is 0.700. The molecule has 0 radical (unpaired) electrons. The van der Waals surface area contributed by atoms with E-state index in [0.29, 0.717) is 0 Å². The molecule has 7 saturated carbocycles. The van der Waals surface area contributed by atoms with Gasteiger partial charge < -0.3 is 59.4 Å². The average molecular weight is 1230 g/mol. The second-order valence-corrected chi connectivity index (χ2v) is 22.2. The summed E-state index contributed by atoms with van der Waals surface area (Å²) in [6, 6.07) is 0. The van der Waals surface area contributed by atoms with Crippen molar-refractivity contribution in [1.29, 1.82) is 0 Å². The molecule has 0 amide bonds. The van der Waals surface area contributed by atoms with E-state index in [2.05, 4.69) is 106 Å². The SMILES string of the molecule is C1=C2CCCC2=CC2C1CCC2CC1CCCCC1.C1=CC2CCC(CC3CCCCC3)C2C=C1.CC1C(C)C(C)C(C)C1C.CC1C(C)C(C)C(C)C1C.[CH3-].[CH3-].[CH3-].[CH3-].[CH3-].[CH3-].[CH3-].[CH3-].[Hf+4].[Hf+4]. The molecule has 6 atom stereocenters. The Morgan fingerprint density at radius 2 is 0.662 bits per heavy atom. The third kappa shape index (κ3) is 19.0. The molecule has 0 heterocycles. The molecular weight excluding hydrogens is 1110 g/mol. The van der Waals surface area contributed by atoms with Gasteiger partial charge in [0, 0.05) is 0 Å². The first-order chi connectivity index (χ1) is 26.4. The molecular formula is C63H116Hf2. The van der Waals surface area contributed by atoms with Crippen molar-refractivity contribution in [2.24, 2.45) is 107 Å². The second kappa shape index (κ2) is 35.7. The van der Waals surface area contributed by atoms with Crippen LogP contribution in [0, 0.1) is 166 Å². The molecule has 2 heteroatoms. The van der Waals surface area contributed by atoms with E-state index in [1.165, 1.54) is 116 Å². The minimum absolute atomic E-state index is 0. The molecule has 65 heavy (non-hydrogen) atoms. The van der Waals surface area contributed by atoms with Gasteiger partial charge in [0.25, 0.3) is 0 Å². The van der Waals surface area contributed by atoms with Crippen LogP contribution >= 0.6 is 0 Å². The predicted octanol–water partition coefficient (Wildman–Crippen LogP) is 20.3. The quantitative estimate of drug-likeness (QED) is 0.194. The molecule has 0 bridgehead atoms. The smallest absolute Gasteiger partial charge is 0.358 e. The van der Waals surface area contributed by atoms with Crippen LogP contribution < -0.4 is 0 Å². The first-order valence-electron chi connectivity index (χ1n) is 25.2. The van der Waals surface area contributed by atoms with Crippen LogP contribution in [0.4, 0.5) is 0 Å². The van der Waals surface area contributed by atoms with Gasteiger partial charge in [0.1, 0.15) is 0 Å². The van der Waals surface area contributed by atoms with Crippen molar-refractivity contribution in [3.8, 4) is 0 Å². The van der Waals surface area contributed by atoms with Crippen molar-refractivity contribution in [2.75, 3.05) is 0 Å². The molecule has 6 unspecified atom stereocenters. The van der Waals surface area contributed by atoms with E-state index in [1.54, 1.807) is 17.6 Å².